The van der Waals surface area contributed by atoms with Gasteiger partial charge >= 0.3 is 0 Å². The summed E-state index contributed by atoms with van der Waals surface area (Å²) in [6.07, 6.45) is 0.476. The highest BCUT2D eigenvalue weighted by Crippen LogP contribution is 2.31. The van der Waals surface area contributed by atoms with E-state index in [4.69, 9.17) is 14.5 Å². The number of methoxy groups -OCH3 is 1. The minimum Gasteiger partial charge on any atom is -0.493 e. The fraction of sp³-hybridized carbons (Fsp3) is 0.259. The Kier molecular flexibility index (Phi) is 5.98. The first kappa shape index (κ1) is 21.1. The third-order valence-electron chi connectivity index (χ3n) is 6.12. The van der Waals surface area contributed by atoms with Gasteiger partial charge in [0.2, 0.25) is 5.91 Å². The Hall–Kier alpha value is -3.80. The predicted octanol–water partition coefficient (Wildman–Crippen LogP) is 4.64. The van der Waals surface area contributed by atoms with Crippen LogP contribution in [0.3, 0.4) is 0 Å². The first-order valence-corrected chi connectivity index (χ1v) is 11.3. The molecule has 1 aliphatic heterocycles. The van der Waals surface area contributed by atoms with Crippen LogP contribution in [0.15, 0.2) is 78.9 Å². The highest BCUT2D eigenvalue weighted by atomic mass is 16.5. The summed E-state index contributed by atoms with van der Waals surface area (Å²) in [7, 11) is 1.64. The number of hydrogen-bond donors (Lipinski definition) is 0. The molecule has 0 bridgehead atoms. The molecule has 3 aromatic carbocycles. The van der Waals surface area contributed by atoms with E-state index in [2.05, 4.69) is 22.8 Å². The van der Waals surface area contributed by atoms with Crippen LogP contribution in [0, 0.1) is 0 Å². The second kappa shape index (κ2) is 9.36. The molecular weight excluding hydrogens is 414 g/mol. The van der Waals surface area contributed by atoms with Gasteiger partial charge in [0, 0.05) is 25.4 Å². The number of aromatic nitrogens is 2. The van der Waals surface area contributed by atoms with E-state index in [-0.39, 0.29) is 11.8 Å². The van der Waals surface area contributed by atoms with Crippen LogP contribution < -0.4 is 9.47 Å². The van der Waals surface area contributed by atoms with E-state index in [1.807, 2.05) is 65.6 Å². The Morgan fingerprint density at radius 3 is 2.48 bits per heavy atom. The smallest absolute Gasteiger partial charge is 0.223 e. The molecule has 0 N–H and O–H groups in total. The van der Waals surface area contributed by atoms with Crippen LogP contribution in [0.5, 0.6) is 11.5 Å². The van der Waals surface area contributed by atoms with Crippen molar-refractivity contribution in [3.05, 3.63) is 90.3 Å². The third kappa shape index (κ3) is 4.42. The molecule has 6 nitrogen and oxygen atoms in total. The lowest BCUT2D eigenvalue weighted by molar-refractivity contribution is -0.128. The van der Waals surface area contributed by atoms with Crippen LogP contribution in [-0.4, -0.2) is 40.6 Å². The molecule has 168 valence electrons. The first-order chi connectivity index (χ1) is 16.2. The average Bonchev–Trinajstić information content (AvgIpc) is 3.40. The molecule has 0 saturated carbocycles. The Balaban J connectivity index is 1.36. The molecule has 6 heteroatoms. The van der Waals surface area contributed by atoms with E-state index in [1.54, 1.807) is 7.11 Å². The molecule has 2 heterocycles. The normalized spacial score (nSPS) is 15.8. The lowest BCUT2D eigenvalue weighted by Gasteiger charge is -2.18. The number of benzene rings is 3. The lowest BCUT2D eigenvalue weighted by atomic mass is 10.1. The molecule has 0 radical (unpaired) electrons. The Morgan fingerprint density at radius 2 is 1.67 bits per heavy atom. The Labute approximate surface area is 193 Å². The quantitative estimate of drug-likeness (QED) is 0.400. The van der Waals surface area contributed by atoms with Crippen molar-refractivity contribution in [2.75, 3.05) is 20.3 Å². The van der Waals surface area contributed by atoms with E-state index in [1.165, 1.54) is 0 Å². The highest BCUT2D eigenvalue weighted by molar-refractivity contribution is 5.81. The van der Waals surface area contributed by atoms with Gasteiger partial charge in [-0.1, -0.05) is 54.6 Å². The van der Waals surface area contributed by atoms with E-state index in [9.17, 15) is 4.79 Å². The second-order valence-electron chi connectivity index (χ2n) is 8.27. The van der Waals surface area contributed by atoms with Crippen molar-refractivity contribution in [2.45, 2.75) is 25.4 Å². The van der Waals surface area contributed by atoms with Gasteiger partial charge in [0.25, 0.3) is 0 Å². The number of nitrogens with zero attached hydrogens (tertiary/aromatic N) is 3. The molecule has 1 unspecified atom stereocenters. The number of likely N-dealkylation sites (tertiary alicyclic amines) is 1. The first-order valence-electron chi connectivity index (χ1n) is 11.3. The molecule has 0 aliphatic carbocycles. The van der Waals surface area contributed by atoms with Crippen molar-refractivity contribution in [2.24, 2.45) is 0 Å². The zero-order valence-electron chi connectivity index (χ0n) is 18.7. The van der Waals surface area contributed by atoms with Gasteiger partial charge in [-0.05, 0) is 29.8 Å². The largest absolute Gasteiger partial charge is 0.493 e. The van der Waals surface area contributed by atoms with Crippen molar-refractivity contribution in [3.8, 4) is 11.5 Å². The number of amides is 1. The van der Waals surface area contributed by atoms with Crippen LogP contribution in [0.25, 0.3) is 11.0 Å². The van der Waals surface area contributed by atoms with Gasteiger partial charge in [-0.15, -0.1) is 0 Å². The van der Waals surface area contributed by atoms with Gasteiger partial charge in [-0.3, -0.25) is 4.79 Å². The molecular formula is C27H27N3O3. The average molecular weight is 442 g/mol. The zero-order valence-corrected chi connectivity index (χ0v) is 18.7. The van der Waals surface area contributed by atoms with Crippen LogP contribution in [0.4, 0.5) is 0 Å². The number of fused-ring (bicyclic) bond motifs is 1. The third-order valence-corrected chi connectivity index (χ3v) is 6.12. The molecule has 0 spiro atoms. The summed E-state index contributed by atoms with van der Waals surface area (Å²) in [6, 6.07) is 25.9. The van der Waals surface area contributed by atoms with Crippen molar-refractivity contribution in [3.63, 3.8) is 0 Å². The maximum atomic E-state index is 12.8. The zero-order chi connectivity index (χ0) is 22.6. The number of carbonyl (C=O) groups excluding carboxylic acids is 1. The second-order valence-corrected chi connectivity index (χ2v) is 8.27. The number of imidazole rings is 1. The molecule has 1 amide bonds. The molecule has 1 aromatic heterocycles. The number of ether oxygens (including phenoxy) is 2. The minimum absolute atomic E-state index is 0.0554. The molecule has 1 fully saturated rings. The SMILES string of the molecule is COc1ccccc1OCCn1c(C2CC(=O)N(Cc3ccccc3)C2)nc2ccccc21. The Morgan fingerprint density at radius 1 is 0.939 bits per heavy atom. The summed E-state index contributed by atoms with van der Waals surface area (Å²) in [5.74, 6) is 2.61. The van der Waals surface area contributed by atoms with Gasteiger partial charge in [0.1, 0.15) is 12.4 Å². The molecule has 1 saturated heterocycles. The summed E-state index contributed by atoms with van der Waals surface area (Å²) in [4.78, 5) is 19.7. The predicted molar refractivity (Wildman–Crippen MR) is 127 cm³/mol. The van der Waals surface area contributed by atoms with Gasteiger partial charge in [0.15, 0.2) is 11.5 Å². The van der Waals surface area contributed by atoms with Crippen molar-refractivity contribution >= 4 is 16.9 Å². The van der Waals surface area contributed by atoms with Crippen LogP contribution in [-0.2, 0) is 17.9 Å². The summed E-state index contributed by atoms with van der Waals surface area (Å²) in [6.45, 7) is 2.41. The standard InChI is InChI=1S/C27H27N3O3/c1-32-24-13-7-8-14-25(24)33-16-15-30-23-12-6-5-11-22(23)28-27(30)21-17-26(31)29(19-21)18-20-9-3-2-4-10-20/h2-14,21H,15-19H2,1H3. The lowest BCUT2D eigenvalue weighted by Crippen LogP contribution is -2.24. The molecule has 1 aliphatic rings. The number of hydrogen-bond acceptors (Lipinski definition) is 4. The number of para-hydroxylation sites is 4. The van der Waals surface area contributed by atoms with E-state index in [0.717, 1.165) is 28.2 Å². The summed E-state index contributed by atoms with van der Waals surface area (Å²) in [5, 5.41) is 0. The van der Waals surface area contributed by atoms with Crippen molar-refractivity contribution in [1.82, 2.24) is 14.5 Å². The summed E-state index contributed by atoms with van der Waals surface area (Å²) >= 11 is 0. The topological polar surface area (TPSA) is 56.6 Å². The van der Waals surface area contributed by atoms with Crippen molar-refractivity contribution in [1.29, 1.82) is 0 Å². The Bertz CT molecular complexity index is 1250. The van der Waals surface area contributed by atoms with Gasteiger partial charge in [-0.25, -0.2) is 4.98 Å². The maximum Gasteiger partial charge on any atom is 0.223 e. The van der Waals surface area contributed by atoms with Crippen molar-refractivity contribution < 1.29 is 14.3 Å². The van der Waals surface area contributed by atoms with Gasteiger partial charge < -0.3 is 18.9 Å². The molecule has 4 aromatic rings. The highest BCUT2D eigenvalue weighted by Gasteiger charge is 2.34. The van der Waals surface area contributed by atoms with E-state index < -0.39 is 0 Å². The molecule has 5 rings (SSSR count). The number of carbonyl (C=O) groups is 1. The summed E-state index contributed by atoms with van der Waals surface area (Å²) in [5.41, 5.74) is 3.15. The fourth-order valence-electron chi connectivity index (χ4n) is 4.53. The van der Waals surface area contributed by atoms with E-state index >= 15 is 0 Å². The fourth-order valence-corrected chi connectivity index (χ4v) is 4.53. The molecule has 1 atom stereocenters. The van der Waals surface area contributed by atoms with E-state index in [0.29, 0.717) is 38.4 Å². The summed E-state index contributed by atoms with van der Waals surface area (Å²) < 4.78 is 13.6. The van der Waals surface area contributed by atoms with Crippen LogP contribution in [0.2, 0.25) is 0 Å². The molecule has 33 heavy (non-hydrogen) atoms. The number of rotatable bonds is 8. The van der Waals surface area contributed by atoms with Gasteiger partial charge in [0.05, 0.1) is 24.7 Å². The minimum atomic E-state index is 0.0554. The van der Waals surface area contributed by atoms with Crippen LogP contribution >= 0.6 is 0 Å². The maximum absolute atomic E-state index is 12.8. The van der Waals surface area contributed by atoms with Gasteiger partial charge in [-0.2, -0.15) is 0 Å². The monoisotopic (exact) mass is 441 g/mol. The van der Waals surface area contributed by atoms with Crippen LogP contribution in [0.1, 0.15) is 23.7 Å².